The molecule has 140 valence electrons. The maximum absolute atomic E-state index is 12.1. The summed E-state index contributed by atoms with van der Waals surface area (Å²) in [6.45, 7) is 4.06. The lowest BCUT2D eigenvalue weighted by Crippen LogP contribution is -2.19. The molecule has 0 spiro atoms. The van der Waals surface area contributed by atoms with E-state index in [1.165, 1.54) is 16.9 Å². The molecule has 1 aromatic heterocycles. The minimum atomic E-state index is -0.374. The zero-order valence-electron chi connectivity index (χ0n) is 15.2. The molecule has 3 aromatic rings. The Bertz CT molecular complexity index is 950. The zero-order chi connectivity index (χ0) is 19.2. The standard InChI is InChI=1S/C20H20N2O4S/c1-3-13-5-8-15(9-6-13)26-12-18(23)22-20-21-16-10-7-14(11-17(16)27-20)19(24)25-4-2/h5-11H,3-4,12H2,1-2H3,(H,21,22,23). The number of amides is 1. The Morgan fingerprint density at radius 1 is 1.11 bits per heavy atom. The molecule has 0 atom stereocenters. The highest BCUT2D eigenvalue weighted by atomic mass is 32.1. The first kappa shape index (κ1) is 18.8. The first-order valence-corrected chi connectivity index (χ1v) is 9.50. The molecule has 0 saturated heterocycles. The summed E-state index contributed by atoms with van der Waals surface area (Å²) in [5.41, 5.74) is 2.38. The van der Waals surface area contributed by atoms with Gasteiger partial charge >= 0.3 is 5.97 Å². The summed E-state index contributed by atoms with van der Waals surface area (Å²) in [6.07, 6.45) is 0.955. The van der Waals surface area contributed by atoms with E-state index in [4.69, 9.17) is 9.47 Å². The monoisotopic (exact) mass is 384 g/mol. The molecule has 0 fully saturated rings. The van der Waals surface area contributed by atoms with Crippen molar-refractivity contribution in [3.05, 3.63) is 53.6 Å². The van der Waals surface area contributed by atoms with Gasteiger partial charge < -0.3 is 9.47 Å². The Labute approximate surface area is 161 Å². The third-order valence-electron chi connectivity index (χ3n) is 3.85. The summed E-state index contributed by atoms with van der Waals surface area (Å²) >= 11 is 1.30. The van der Waals surface area contributed by atoms with Gasteiger partial charge in [-0.3, -0.25) is 10.1 Å². The smallest absolute Gasteiger partial charge is 0.338 e. The summed E-state index contributed by atoms with van der Waals surface area (Å²) in [5, 5.41) is 3.18. The fourth-order valence-electron chi connectivity index (χ4n) is 2.45. The van der Waals surface area contributed by atoms with E-state index < -0.39 is 0 Å². The molecule has 3 rings (SSSR count). The van der Waals surface area contributed by atoms with Crippen LogP contribution < -0.4 is 10.1 Å². The summed E-state index contributed by atoms with van der Waals surface area (Å²) in [6, 6.07) is 12.8. The average molecular weight is 384 g/mol. The molecule has 1 N–H and O–H groups in total. The number of nitrogens with one attached hydrogen (secondary N) is 1. The number of ether oxygens (including phenoxy) is 2. The molecule has 0 aliphatic rings. The maximum atomic E-state index is 12.1. The van der Waals surface area contributed by atoms with Crippen molar-refractivity contribution in [3.8, 4) is 5.75 Å². The predicted molar refractivity (Wildman–Crippen MR) is 106 cm³/mol. The predicted octanol–water partition coefficient (Wildman–Crippen LogP) is 4.05. The minimum absolute atomic E-state index is 0.102. The maximum Gasteiger partial charge on any atom is 0.338 e. The second kappa shape index (κ2) is 8.64. The third kappa shape index (κ3) is 4.83. The number of fused-ring (bicyclic) bond motifs is 1. The van der Waals surface area contributed by atoms with Crippen LogP contribution in [0.15, 0.2) is 42.5 Å². The molecule has 27 heavy (non-hydrogen) atoms. The number of thiazole rings is 1. The molecule has 6 nitrogen and oxygen atoms in total. The van der Waals surface area contributed by atoms with Crippen molar-refractivity contribution in [2.24, 2.45) is 0 Å². The second-order valence-corrected chi connectivity index (χ2v) is 6.79. The average Bonchev–Trinajstić information content (AvgIpc) is 3.08. The Kier molecular flexibility index (Phi) is 6.03. The van der Waals surface area contributed by atoms with Crippen LogP contribution >= 0.6 is 11.3 Å². The largest absolute Gasteiger partial charge is 0.484 e. The fourth-order valence-corrected chi connectivity index (χ4v) is 3.37. The van der Waals surface area contributed by atoms with E-state index in [0.29, 0.717) is 28.6 Å². The fraction of sp³-hybridized carbons (Fsp3) is 0.250. The lowest BCUT2D eigenvalue weighted by atomic mass is 10.2. The van der Waals surface area contributed by atoms with E-state index in [9.17, 15) is 9.59 Å². The van der Waals surface area contributed by atoms with E-state index in [1.807, 2.05) is 24.3 Å². The van der Waals surface area contributed by atoms with Crippen LogP contribution in [0.25, 0.3) is 10.2 Å². The van der Waals surface area contributed by atoms with Gasteiger partial charge in [0.05, 0.1) is 22.4 Å². The van der Waals surface area contributed by atoms with Crippen molar-refractivity contribution >= 4 is 38.6 Å². The number of aromatic nitrogens is 1. The van der Waals surface area contributed by atoms with Crippen LogP contribution in [0.3, 0.4) is 0 Å². The highest BCUT2D eigenvalue weighted by Crippen LogP contribution is 2.27. The highest BCUT2D eigenvalue weighted by Gasteiger charge is 2.12. The molecule has 0 aliphatic heterocycles. The van der Waals surface area contributed by atoms with Gasteiger partial charge in [0.25, 0.3) is 5.91 Å². The number of esters is 1. The molecule has 7 heteroatoms. The van der Waals surface area contributed by atoms with Crippen LogP contribution in [0.1, 0.15) is 29.8 Å². The Morgan fingerprint density at radius 2 is 1.89 bits per heavy atom. The molecular weight excluding hydrogens is 364 g/mol. The quantitative estimate of drug-likeness (QED) is 0.622. The lowest BCUT2D eigenvalue weighted by Gasteiger charge is -2.06. The third-order valence-corrected chi connectivity index (χ3v) is 4.78. The number of carbonyl (C=O) groups is 2. The minimum Gasteiger partial charge on any atom is -0.484 e. The number of anilines is 1. The number of hydrogen-bond donors (Lipinski definition) is 1. The van der Waals surface area contributed by atoms with Crippen LogP contribution in [0.5, 0.6) is 5.75 Å². The van der Waals surface area contributed by atoms with Crippen molar-refractivity contribution in [2.45, 2.75) is 20.3 Å². The van der Waals surface area contributed by atoms with Gasteiger partial charge in [0.1, 0.15) is 5.75 Å². The van der Waals surface area contributed by atoms with Gasteiger partial charge in [-0.2, -0.15) is 0 Å². The summed E-state index contributed by atoms with van der Waals surface area (Å²) in [7, 11) is 0. The van der Waals surface area contributed by atoms with Gasteiger partial charge in [0.15, 0.2) is 11.7 Å². The van der Waals surface area contributed by atoms with Gasteiger partial charge in [-0.1, -0.05) is 30.4 Å². The zero-order valence-corrected chi connectivity index (χ0v) is 16.0. The van der Waals surface area contributed by atoms with E-state index in [1.54, 1.807) is 25.1 Å². The van der Waals surface area contributed by atoms with E-state index in [0.717, 1.165) is 11.1 Å². The second-order valence-electron chi connectivity index (χ2n) is 5.76. The van der Waals surface area contributed by atoms with Crippen LogP contribution in [0.2, 0.25) is 0 Å². The molecule has 1 amide bonds. The first-order chi connectivity index (χ1) is 13.1. The van der Waals surface area contributed by atoms with Crippen molar-refractivity contribution in [3.63, 3.8) is 0 Å². The molecular formula is C20H20N2O4S. The number of rotatable bonds is 7. The molecule has 0 bridgehead atoms. The number of benzene rings is 2. The van der Waals surface area contributed by atoms with E-state index in [-0.39, 0.29) is 18.5 Å². The van der Waals surface area contributed by atoms with Gasteiger partial charge in [0, 0.05) is 0 Å². The number of aryl methyl sites for hydroxylation is 1. The van der Waals surface area contributed by atoms with Crippen LogP contribution in [-0.2, 0) is 16.0 Å². The summed E-state index contributed by atoms with van der Waals surface area (Å²) in [4.78, 5) is 28.3. The molecule has 2 aromatic carbocycles. The van der Waals surface area contributed by atoms with Crippen LogP contribution in [0, 0.1) is 0 Å². The normalized spacial score (nSPS) is 10.6. The highest BCUT2D eigenvalue weighted by molar-refractivity contribution is 7.22. The van der Waals surface area contributed by atoms with Gasteiger partial charge in [-0.25, -0.2) is 9.78 Å². The van der Waals surface area contributed by atoms with Crippen molar-refractivity contribution in [1.82, 2.24) is 4.98 Å². The van der Waals surface area contributed by atoms with Crippen molar-refractivity contribution in [1.29, 1.82) is 0 Å². The summed E-state index contributed by atoms with van der Waals surface area (Å²) < 4.78 is 11.3. The van der Waals surface area contributed by atoms with Gasteiger partial charge in [-0.15, -0.1) is 0 Å². The van der Waals surface area contributed by atoms with Crippen LogP contribution in [-0.4, -0.2) is 30.1 Å². The topological polar surface area (TPSA) is 77.5 Å². The van der Waals surface area contributed by atoms with E-state index >= 15 is 0 Å². The van der Waals surface area contributed by atoms with Gasteiger partial charge in [0.2, 0.25) is 0 Å². The van der Waals surface area contributed by atoms with Crippen molar-refractivity contribution in [2.75, 3.05) is 18.5 Å². The van der Waals surface area contributed by atoms with E-state index in [2.05, 4.69) is 17.2 Å². The van der Waals surface area contributed by atoms with Crippen LogP contribution in [0.4, 0.5) is 5.13 Å². The van der Waals surface area contributed by atoms with Gasteiger partial charge in [-0.05, 0) is 49.2 Å². The molecule has 0 saturated carbocycles. The summed E-state index contributed by atoms with van der Waals surface area (Å²) in [5.74, 6) is -0.0224. The lowest BCUT2D eigenvalue weighted by molar-refractivity contribution is -0.118. The Balaban J connectivity index is 1.61. The Hall–Kier alpha value is -2.93. The Morgan fingerprint density at radius 3 is 2.59 bits per heavy atom. The number of nitrogens with zero attached hydrogens (tertiary/aromatic N) is 1. The van der Waals surface area contributed by atoms with Crippen molar-refractivity contribution < 1.29 is 19.1 Å². The SMILES string of the molecule is CCOC(=O)c1ccc2nc(NC(=O)COc3ccc(CC)cc3)sc2c1. The number of hydrogen-bond acceptors (Lipinski definition) is 6. The first-order valence-electron chi connectivity index (χ1n) is 8.68. The molecule has 0 radical (unpaired) electrons. The number of carbonyl (C=O) groups excluding carboxylic acids is 2. The molecule has 0 aliphatic carbocycles. The molecule has 0 unspecified atom stereocenters. The molecule has 1 heterocycles.